The maximum atomic E-state index is 13.5. The van der Waals surface area contributed by atoms with Crippen molar-refractivity contribution in [2.24, 2.45) is 0 Å². The van der Waals surface area contributed by atoms with Crippen molar-refractivity contribution in [1.82, 2.24) is 20.1 Å². The van der Waals surface area contributed by atoms with E-state index >= 15 is 0 Å². The summed E-state index contributed by atoms with van der Waals surface area (Å²) in [4.78, 5) is 16.0. The van der Waals surface area contributed by atoms with Crippen LogP contribution in [-0.4, -0.2) is 20.7 Å². The molecular formula is C17H13Cl2FN4O. The Bertz CT molecular complexity index is 882. The first-order chi connectivity index (χ1) is 12.0. The highest BCUT2D eigenvalue weighted by Crippen LogP contribution is 2.24. The van der Waals surface area contributed by atoms with Gasteiger partial charge in [-0.2, -0.15) is 5.10 Å². The van der Waals surface area contributed by atoms with Gasteiger partial charge in [-0.15, -0.1) is 0 Å². The minimum atomic E-state index is -0.686. The maximum absolute atomic E-state index is 13.5. The predicted octanol–water partition coefficient (Wildman–Crippen LogP) is 3.70. The van der Waals surface area contributed by atoms with E-state index in [2.05, 4.69) is 15.4 Å². The third-order valence-corrected chi connectivity index (χ3v) is 4.14. The SMILES string of the molecule is O=C(NCc1ccc(Cn2cncn2)cc1)c1cc(F)c(Cl)cc1Cl. The van der Waals surface area contributed by atoms with Gasteiger partial charge in [0.25, 0.3) is 5.91 Å². The summed E-state index contributed by atoms with van der Waals surface area (Å²) in [5, 5.41) is 6.73. The lowest BCUT2D eigenvalue weighted by Crippen LogP contribution is -2.23. The van der Waals surface area contributed by atoms with Gasteiger partial charge < -0.3 is 5.32 Å². The zero-order valence-electron chi connectivity index (χ0n) is 12.9. The normalized spacial score (nSPS) is 10.7. The summed E-state index contributed by atoms with van der Waals surface area (Å²) >= 11 is 11.6. The Morgan fingerprint density at radius 3 is 2.52 bits per heavy atom. The van der Waals surface area contributed by atoms with Gasteiger partial charge in [-0.25, -0.2) is 14.1 Å². The Balaban J connectivity index is 1.61. The van der Waals surface area contributed by atoms with Crippen molar-refractivity contribution >= 4 is 29.1 Å². The van der Waals surface area contributed by atoms with Crippen LogP contribution in [0.25, 0.3) is 0 Å². The summed E-state index contributed by atoms with van der Waals surface area (Å²) in [5.41, 5.74) is 2.01. The van der Waals surface area contributed by atoms with Crippen LogP contribution in [0.15, 0.2) is 49.1 Å². The molecule has 1 N–H and O–H groups in total. The van der Waals surface area contributed by atoms with Crippen LogP contribution in [0.3, 0.4) is 0 Å². The molecule has 0 aliphatic heterocycles. The van der Waals surface area contributed by atoms with Crippen LogP contribution in [0, 0.1) is 5.82 Å². The quantitative estimate of drug-likeness (QED) is 0.688. The number of rotatable bonds is 5. The molecular weight excluding hydrogens is 366 g/mol. The Labute approximate surface area is 153 Å². The van der Waals surface area contributed by atoms with E-state index in [1.54, 1.807) is 11.0 Å². The monoisotopic (exact) mass is 378 g/mol. The molecule has 2 aromatic carbocycles. The number of nitrogens with zero attached hydrogens (tertiary/aromatic N) is 3. The molecule has 128 valence electrons. The molecule has 0 aliphatic rings. The fraction of sp³-hybridized carbons (Fsp3) is 0.118. The molecule has 1 heterocycles. The summed E-state index contributed by atoms with van der Waals surface area (Å²) in [6, 6.07) is 9.93. The first-order valence-electron chi connectivity index (χ1n) is 7.36. The number of amides is 1. The molecule has 25 heavy (non-hydrogen) atoms. The van der Waals surface area contributed by atoms with Crippen LogP contribution in [-0.2, 0) is 13.1 Å². The average Bonchev–Trinajstić information content (AvgIpc) is 3.10. The van der Waals surface area contributed by atoms with Crippen molar-refractivity contribution in [2.75, 3.05) is 0 Å². The van der Waals surface area contributed by atoms with Gasteiger partial charge in [-0.05, 0) is 23.3 Å². The topological polar surface area (TPSA) is 59.8 Å². The number of halogens is 3. The first kappa shape index (κ1) is 17.4. The molecule has 1 aromatic heterocycles. The highest BCUT2D eigenvalue weighted by Gasteiger charge is 2.14. The summed E-state index contributed by atoms with van der Waals surface area (Å²) < 4.78 is 15.2. The molecule has 3 aromatic rings. The van der Waals surface area contributed by atoms with E-state index in [-0.39, 0.29) is 15.6 Å². The van der Waals surface area contributed by atoms with Crippen LogP contribution >= 0.6 is 23.2 Å². The fourth-order valence-corrected chi connectivity index (χ4v) is 2.71. The second kappa shape index (κ2) is 7.63. The highest BCUT2D eigenvalue weighted by atomic mass is 35.5. The molecule has 0 fully saturated rings. The second-order valence-electron chi connectivity index (χ2n) is 5.34. The van der Waals surface area contributed by atoms with Crippen molar-refractivity contribution in [3.63, 3.8) is 0 Å². The average molecular weight is 379 g/mol. The van der Waals surface area contributed by atoms with Crippen molar-refractivity contribution in [1.29, 1.82) is 0 Å². The van der Waals surface area contributed by atoms with Crippen LogP contribution in [0.5, 0.6) is 0 Å². The Morgan fingerprint density at radius 2 is 1.84 bits per heavy atom. The summed E-state index contributed by atoms with van der Waals surface area (Å²) in [6.45, 7) is 0.912. The molecule has 3 rings (SSSR count). The van der Waals surface area contributed by atoms with E-state index in [4.69, 9.17) is 23.2 Å². The van der Waals surface area contributed by atoms with Gasteiger partial charge in [-0.3, -0.25) is 4.79 Å². The van der Waals surface area contributed by atoms with Crippen molar-refractivity contribution in [3.8, 4) is 0 Å². The molecule has 0 spiro atoms. The number of hydrogen-bond acceptors (Lipinski definition) is 3. The van der Waals surface area contributed by atoms with Crippen molar-refractivity contribution in [2.45, 2.75) is 13.1 Å². The van der Waals surface area contributed by atoms with Gasteiger partial charge in [0.1, 0.15) is 18.5 Å². The number of hydrogen-bond donors (Lipinski definition) is 1. The van der Waals surface area contributed by atoms with E-state index in [0.29, 0.717) is 13.1 Å². The Kier molecular flexibility index (Phi) is 5.31. The lowest BCUT2D eigenvalue weighted by Gasteiger charge is -2.09. The van der Waals surface area contributed by atoms with E-state index in [1.807, 2.05) is 24.3 Å². The number of nitrogens with one attached hydrogen (secondary N) is 1. The summed E-state index contributed by atoms with van der Waals surface area (Å²) in [6.07, 6.45) is 3.12. The molecule has 0 atom stereocenters. The Morgan fingerprint density at radius 1 is 1.12 bits per heavy atom. The van der Waals surface area contributed by atoms with Crippen LogP contribution in [0.1, 0.15) is 21.5 Å². The van der Waals surface area contributed by atoms with E-state index in [0.717, 1.165) is 17.2 Å². The highest BCUT2D eigenvalue weighted by molar-refractivity contribution is 6.36. The number of carbonyl (C=O) groups excluding carboxylic acids is 1. The number of aromatic nitrogens is 3. The first-order valence-corrected chi connectivity index (χ1v) is 8.11. The van der Waals surface area contributed by atoms with Gasteiger partial charge in [-0.1, -0.05) is 47.5 Å². The van der Waals surface area contributed by atoms with Crippen LogP contribution in [0.4, 0.5) is 4.39 Å². The molecule has 0 saturated heterocycles. The molecule has 5 nitrogen and oxygen atoms in total. The molecule has 1 amide bonds. The fourth-order valence-electron chi connectivity index (χ4n) is 2.24. The zero-order chi connectivity index (χ0) is 17.8. The van der Waals surface area contributed by atoms with Crippen molar-refractivity contribution in [3.05, 3.63) is 81.6 Å². The van der Waals surface area contributed by atoms with Crippen molar-refractivity contribution < 1.29 is 9.18 Å². The molecule has 8 heteroatoms. The smallest absolute Gasteiger partial charge is 0.253 e. The van der Waals surface area contributed by atoms with Gasteiger partial charge >= 0.3 is 0 Å². The van der Waals surface area contributed by atoms with Gasteiger partial charge in [0.15, 0.2) is 0 Å². The van der Waals surface area contributed by atoms with E-state index < -0.39 is 11.7 Å². The summed E-state index contributed by atoms with van der Waals surface area (Å²) in [7, 11) is 0. The number of carbonyl (C=O) groups is 1. The predicted molar refractivity (Wildman–Crippen MR) is 93.2 cm³/mol. The van der Waals surface area contributed by atoms with Crippen LogP contribution in [0.2, 0.25) is 10.0 Å². The Hall–Kier alpha value is -2.44. The molecule has 0 radical (unpaired) electrons. The molecule has 0 unspecified atom stereocenters. The summed E-state index contributed by atoms with van der Waals surface area (Å²) in [5.74, 6) is -1.15. The lowest BCUT2D eigenvalue weighted by atomic mass is 10.1. The molecule has 0 bridgehead atoms. The third-order valence-electron chi connectivity index (χ3n) is 3.54. The van der Waals surface area contributed by atoms with Gasteiger partial charge in [0.05, 0.1) is 22.2 Å². The van der Waals surface area contributed by atoms with E-state index in [9.17, 15) is 9.18 Å². The minimum absolute atomic E-state index is 0.0476. The molecule has 0 aliphatic carbocycles. The van der Waals surface area contributed by atoms with E-state index in [1.165, 1.54) is 12.4 Å². The third kappa shape index (κ3) is 4.35. The van der Waals surface area contributed by atoms with Crippen LogP contribution < -0.4 is 5.32 Å². The van der Waals surface area contributed by atoms with Gasteiger partial charge in [0, 0.05) is 6.54 Å². The molecule has 0 saturated carbocycles. The lowest BCUT2D eigenvalue weighted by molar-refractivity contribution is 0.0950. The standard InChI is InChI=1S/C17H13Cl2FN4O/c18-14-6-15(19)16(20)5-13(14)17(25)22-7-11-1-3-12(4-2-11)8-24-10-21-9-23-24/h1-6,9-10H,7-8H2,(H,22,25). The minimum Gasteiger partial charge on any atom is -0.348 e. The largest absolute Gasteiger partial charge is 0.348 e. The zero-order valence-corrected chi connectivity index (χ0v) is 14.4. The second-order valence-corrected chi connectivity index (χ2v) is 6.15. The maximum Gasteiger partial charge on any atom is 0.253 e. The number of benzene rings is 2. The van der Waals surface area contributed by atoms with Gasteiger partial charge in [0.2, 0.25) is 0 Å².